The van der Waals surface area contributed by atoms with Gasteiger partial charge in [0.1, 0.15) is 0 Å². The van der Waals surface area contributed by atoms with Crippen LogP contribution in [0.3, 0.4) is 0 Å². The quantitative estimate of drug-likeness (QED) is 0.730. The normalized spacial score (nSPS) is 14.3. The summed E-state index contributed by atoms with van der Waals surface area (Å²) in [4.78, 5) is 14.8. The number of amides is 1. The third kappa shape index (κ3) is 3.94. The minimum atomic E-state index is -0.0932. The topological polar surface area (TPSA) is 48.0 Å². The fourth-order valence-electron chi connectivity index (χ4n) is 3.17. The van der Waals surface area contributed by atoms with Gasteiger partial charge in [-0.3, -0.25) is 4.79 Å². The van der Waals surface area contributed by atoms with E-state index < -0.39 is 0 Å². The first-order valence-electron chi connectivity index (χ1n) is 8.38. The molecule has 0 bridgehead atoms. The molecular weight excluding hydrogens is 389 g/mol. The van der Waals surface area contributed by atoms with Gasteiger partial charge in [0.25, 0.3) is 5.91 Å². The lowest BCUT2D eigenvalue weighted by Gasteiger charge is -2.19. The summed E-state index contributed by atoms with van der Waals surface area (Å²) < 4.78 is 16.0. The second-order valence-corrected chi connectivity index (χ2v) is 6.94. The molecule has 0 spiro atoms. The maximum absolute atomic E-state index is 13.0. The van der Waals surface area contributed by atoms with Crippen LogP contribution >= 0.6 is 23.2 Å². The predicted molar refractivity (Wildman–Crippen MR) is 105 cm³/mol. The third-order valence-corrected chi connectivity index (χ3v) is 5.33. The Morgan fingerprint density at radius 3 is 2.19 bits per heavy atom. The minimum absolute atomic E-state index is 0.0932. The molecule has 7 heteroatoms. The molecule has 27 heavy (non-hydrogen) atoms. The number of nitrogens with zero attached hydrogens (tertiary/aromatic N) is 1. The van der Waals surface area contributed by atoms with E-state index in [1.165, 1.54) is 21.3 Å². The van der Waals surface area contributed by atoms with E-state index in [4.69, 9.17) is 37.4 Å². The van der Waals surface area contributed by atoms with Crippen molar-refractivity contribution < 1.29 is 19.0 Å². The van der Waals surface area contributed by atoms with Gasteiger partial charge in [-0.25, -0.2) is 0 Å². The van der Waals surface area contributed by atoms with Gasteiger partial charge in [-0.15, -0.1) is 0 Å². The average Bonchev–Trinajstić information content (AvgIpc) is 3.18. The number of halogens is 2. The Morgan fingerprint density at radius 1 is 0.963 bits per heavy atom. The first kappa shape index (κ1) is 19.6. The molecule has 1 amide bonds. The zero-order valence-electron chi connectivity index (χ0n) is 15.3. The van der Waals surface area contributed by atoms with Gasteiger partial charge in [-0.05, 0) is 36.2 Å². The van der Waals surface area contributed by atoms with Crippen LogP contribution in [0.5, 0.6) is 17.2 Å². The standard InChI is InChI=1S/C20H20Cl2NO4/c1-25-17-9-14(10-18(26-2)19(17)27-3)20(24)23-7-6-13(11-23)12-4-5-15(21)16(22)8-12/h4-5,8-10H,6-7,11H2,1-3H3. The Balaban J connectivity index is 1.81. The molecular formula is C20H20Cl2NO4. The van der Waals surface area contributed by atoms with Crippen molar-refractivity contribution in [2.24, 2.45) is 0 Å². The van der Waals surface area contributed by atoms with Gasteiger partial charge in [0.2, 0.25) is 5.75 Å². The van der Waals surface area contributed by atoms with Crippen molar-refractivity contribution >= 4 is 29.1 Å². The highest BCUT2D eigenvalue weighted by atomic mass is 35.5. The van der Waals surface area contributed by atoms with Crippen molar-refractivity contribution in [3.63, 3.8) is 0 Å². The SMILES string of the molecule is COc1cc(C(=O)N2CC[C](c3ccc(Cl)c(Cl)c3)C2)cc(OC)c1OC. The number of likely N-dealkylation sites (tertiary alicyclic amines) is 1. The molecule has 1 heterocycles. The lowest BCUT2D eigenvalue weighted by Crippen LogP contribution is -2.28. The first-order valence-corrected chi connectivity index (χ1v) is 9.13. The van der Waals surface area contributed by atoms with E-state index in [1.54, 1.807) is 23.1 Å². The fraction of sp³-hybridized carbons (Fsp3) is 0.300. The summed E-state index contributed by atoms with van der Waals surface area (Å²) in [5, 5.41) is 1.03. The number of ether oxygens (including phenoxy) is 3. The molecule has 5 nitrogen and oxygen atoms in total. The van der Waals surface area contributed by atoms with Crippen molar-refractivity contribution in [2.45, 2.75) is 6.42 Å². The Hall–Kier alpha value is -2.11. The van der Waals surface area contributed by atoms with Gasteiger partial charge >= 0.3 is 0 Å². The highest BCUT2D eigenvalue weighted by molar-refractivity contribution is 6.42. The molecule has 0 aliphatic carbocycles. The number of carbonyl (C=O) groups excluding carboxylic acids is 1. The highest BCUT2D eigenvalue weighted by Gasteiger charge is 2.30. The molecule has 0 aromatic heterocycles. The molecule has 0 saturated carbocycles. The summed E-state index contributed by atoms with van der Waals surface area (Å²) in [7, 11) is 4.58. The number of benzene rings is 2. The van der Waals surface area contributed by atoms with E-state index in [1.807, 2.05) is 12.1 Å². The van der Waals surface area contributed by atoms with E-state index in [0.29, 0.717) is 45.9 Å². The van der Waals surface area contributed by atoms with Crippen molar-refractivity contribution in [3.8, 4) is 17.2 Å². The Kier molecular flexibility index (Phi) is 6.02. The van der Waals surface area contributed by atoms with Gasteiger partial charge in [0, 0.05) is 24.6 Å². The average molecular weight is 409 g/mol. The zero-order valence-corrected chi connectivity index (χ0v) is 16.9. The molecule has 0 atom stereocenters. The molecule has 1 fully saturated rings. The molecule has 1 radical (unpaired) electrons. The number of carbonyl (C=O) groups is 1. The van der Waals surface area contributed by atoms with Crippen LogP contribution in [0.2, 0.25) is 10.0 Å². The molecule has 0 unspecified atom stereocenters. The van der Waals surface area contributed by atoms with Crippen LogP contribution in [0.4, 0.5) is 0 Å². The molecule has 1 aliphatic rings. The summed E-state index contributed by atoms with van der Waals surface area (Å²) in [6, 6.07) is 8.88. The molecule has 1 saturated heterocycles. The molecule has 1 aliphatic heterocycles. The van der Waals surface area contributed by atoms with E-state index in [-0.39, 0.29) is 5.91 Å². The summed E-state index contributed by atoms with van der Waals surface area (Å²) in [6.07, 6.45) is 0.786. The van der Waals surface area contributed by atoms with Gasteiger partial charge in [-0.2, -0.15) is 0 Å². The zero-order chi connectivity index (χ0) is 19.6. The van der Waals surface area contributed by atoms with Crippen LogP contribution in [0.15, 0.2) is 30.3 Å². The summed E-state index contributed by atoms with van der Waals surface area (Å²) in [6.45, 7) is 1.17. The number of hydrogen-bond acceptors (Lipinski definition) is 4. The first-order chi connectivity index (χ1) is 13.0. The van der Waals surface area contributed by atoms with Gasteiger partial charge in [-0.1, -0.05) is 29.3 Å². The lowest BCUT2D eigenvalue weighted by atomic mass is 9.99. The molecule has 143 valence electrons. The van der Waals surface area contributed by atoms with Crippen molar-refractivity contribution in [1.82, 2.24) is 4.90 Å². The van der Waals surface area contributed by atoms with Gasteiger partial charge in [0.15, 0.2) is 11.5 Å². The molecule has 3 rings (SSSR count). The second kappa shape index (κ2) is 8.28. The number of rotatable bonds is 5. The second-order valence-electron chi connectivity index (χ2n) is 6.12. The minimum Gasteiger partial charge on any atom is -0.493 e. The molecule has 2 aromatic rings. The number of methoxy groups -OCH3 is 3. The van der Waals surface area contributed by atoms with Crippen LogP contribution < -0.4 is 14.2 Å². The van der Waals surface area contributed by atoms with Crippen molar-refractivity contribution in [3.05, 3.63) is 57.4 Å². The van der Waals surface area contributed by atoms with Crippen LogP contribution in [0.25, 0.3) is 0 Å². The number of hydrogen-bond donors (Lipinski definition) is 0. The van der Waals surface area contributed by atoms with E-state index in [9.17, 15) is 4.79 Å². The molecule has 0 N–H and O–H groups in total. The molecule has 2 aromatic carbocycles. The Morgan fingerprint density at radius 2 is 1.63 bits per heavy atom. The smallest absolute Gasteiger partial charge is 0.254 e. The summed E-state index contributed by atoms with van der Waals surface area (Å²) in [5.74, 6) is 2.42. The van der Waals surface area contributed by atoms with Crippen molar-refractivity contribution in [1.29, 1.82) is 0 Å². The van der Waals surface area contributed by atoms with Crippen molar-refractivity contribution in [2.75, 3.05) is 34.4 Å². The summed E-state index contributed by atoms with van der Waals surface area (Å²) in [5.41, 5.74) is 1.49. The largest absolute Gasteiger partial charge is 0.493 e. The monoisotopic (exact) mass is 408 g/mol. The van der Waals surface area contributed by atoms with Crippen LogP contribution in [0.1, 0.15) is 22.3 Å². The van der Waals surface area contributed by atoms with Crippen LogP contribution in [-0.4, -0.2) is 45.2 Å². The van der Waals surface area contributed by atoms with Gasteiger partial charge < -0.3 is 19.1 Å². The highest BCUT2D eigenvalue weighted by Crippen LogP contribution is 2.39. The Labute approximate surface area is 168 Å². The maximum Gasteiger partial charge on any atom is 0.254 e. The lowest BCUT2D eigenvalue weighted by molar-refractivity contribution is 0.0794. The third-order valence-electron chi connectivity index (χ3n) is 4.59. The maximum atomic E-state index is 13.0. The predicted octanol–water partition coefficient (Wildman–Crippen LogP) is 4.49. The van der Waals surface area contributed by atoms with E-state index in [0.717, 1.165) is 17.9 Å². The van der Waals surface area contributed by atoms with Crippen LogP contribution in [-0.2, 0) is 0 Å². The van der Waals surface area contributed by atoms with E-state index in [2.05, 4.69) is 0 Å². The van der Waals surface area contributed by atoms with Crippen LogP contribution in [0, 0.1) is 5.92 Å². The summed E-state index contributed by atoms with van der Waals surface area (Å²) >= 11 is 12.1. The Bertz CT molecular complexity index is 831. The van der Waals surface area contributed by atoms with Gasteiger partial charge in [0.05, 0.1) is 31.4 Å². The fourth-order valence-corrected chi connectivity index (χ4v) is 3.47. The van der Waals surface area contributed by atoms with E-state index >= 15 is 0 Å².